The van der Waals surface area contributed by atoms with Crippen molar-refractivity contribution in [2.75, 3.05) is 39.4 Å². The average Bonchev–Trinajstić information content (AvgIpc) is 3.45. The van der Waals surface area contributed by atoms with Gasteiger partial charge in [0.2, 0.25) is 0 Å². The Labute approximate surface area is 161 Å². The van der Waals surface area contributed by atoms with Crippen molar-refractivity contribution in [1.82, 2.24) is 9.91 Å². The van der Waals surface area contributed by atoms with Gasteiger partial charge in [0.05, 0.1) is 31.0 Å². The predicted molar refractivity (Wildman–Crippen MR) is 104 cm³/mol. The van der Waals surface area contributed by atoms with Gasteiger partial charge >= 0.3 is 0 Å². The van der Waals surface area contributed by atoms with E-state index in [0.717, 1.165) is 69.7 Å². The first kappa shape index (κ1) is 18.6. The van der Waals surface area contributed by atoms with Crippen molar-refractivity contribution in [3.63, 3.8) is 0 Å². The highest BCUT2D eigenvalue weighted by Crippen LogP contribution is 2.18. The van der Waals surface area contributed by atoms with Crippen LogP contribution in [0.25, 0.3) is 0 Å². The summed E-state index contributed by atoms with van der Waals surface area (Å²) >= 11 is 0. The Bertz CT molecular complexity index is 634. The first-order chi connectivity index (χ1) is 13.3. The maximum Gasteiger partial charge on any atom is 0.256 e. The van der Waals surface area contributed by atoms with Gasteiger partial charge in [-0.25, -0.2) is 5.01 Å². The van der Waals surface area contributed by atoms with Crippen molar-refractivity contribution in [2.45, 2.75) is 44.3 Å². The van der Waals surface area contributed by atoms with Crippen LogP contribution >= 0.6 is 0 Å². The lowest BCUT2D eigenvalue weighted by molar-refractivity contribution is -0.132. The van der Waals surface area contributed by atoms with Gasteiger partial charge in [-0.05, 0) is 31.2 Å². The van der Waals surface area contributed by atoms with Gasteiger partial charge in [0.1, 0.15) is 0 Å². The van der Waals surface area contributed by atoms with Gasteiger partial charge in [-0.1, -0.05) is 30.3 Å². The number of rotatable bonds is 7. The number of carbonyl (C=O) groups excluding carboxylic acids is 1. The highest BCUT2D eigenvalue weighted by molar-refractivity contribution is 6.02. The summed E-state index contributed by atoms with van der Waals surface area (Å²) in [5.41, 5.74) is 2.09. The first-order valence-corrected chi connectivity index (χ1v) is 10.2. The van der Waals surface area contributed by atoms with Crippen molar-refractivity contribution in [3.8, 4) is 0 Å². The smallest absolute Gasteiger partial charge is 0.256 e. The molecule has 6 nitrogen and oxygen atoms in total. The Kier molecular flexibility index (Phi) is 6.17. The molecule has 2 saturated heterocycles. The lowest BCUT2D eigenvalue weighted by atomic mass is 10.1. The summed E-state index contributed by atoms with van der Waals surface area (Å²) in [4.78, 5) is 15.1. The van der Waals surface area contributed by atoms with Gasteiger partial charge in [-0.3, -0.25) is 9.69 Å². The molecule has 27 heavy (non-hydrogen) atoms. The number of hydrogen-bond donors (Lipinski definition) is 0. The number of amides is 1. The molecule has 0 aromatic heterocycles. The molecular formula is C21H29N3O3. The van der Waals surface area contributed by atoms with Gasteiger partial charge in [0, 0.05) is 32.7 Å². The third kappa shape index (κ3) is 4.94. The normalized spacial score (nSPS) is 25.4. The minimum absolute atomic E-state index is 0.0666. The van der Waals surface area contributed by atoms with E-state index in [1.54, 1.807) is 5.01 Å². The zero-order valence-corrected chi connectivity index (χ0v) is 15.9. The summed E-state index contributed by atoms with van der Waals surface area (Å²) in [5, 5.41) is 6.23. The van der Waals surface area contributed by atoms with E-state index < -0.39 is 0 Å². The molecule has 0 unspecified atom stereocenters. The highest BCUT2D eigenvalue weighted by Gasteiger charge is 2.28. The maximum atomic E-state index is 12.9. The maximum absolute atomic E-state index is 12.9. The molecule has 4 rings (SSSR count). The van der Waals surface area contributed by atoms with E-state index in [2.05, 4.69) is 10.0 Å². The standard InChI is InChI=1S/C21H29N3O3/c25-21(24-11-10-20(22-24)17-6-2-1-3-7-17)16-23(14-18-8-4-12-26-18)15-19-9-5-13-27-19/h1-3,6-7,18-19H,4-5,8-16H2/t18-,19-/m1/s1. The second-order valence-electron chi connectivity index (χ2n) is 7.64. The van der Waals surface area contributed by atoms with E-state index in [1.807, 2.05) is 30.3 Å². The Balaban J connectivity index is 1.37. The molecule has 0 bridgehead atoms. The number of benzene rings is 1. The number of hydrogen-bond acceptors (Lipinski definition) is 5. The van der Waals surface area contributed by atoms with Gasteiger partial charge in [0.25, 0.3) is 5.91 Å². The number of ether oxygens (including phenoxy) is 2. The molecule has 0 radical (unpaired) electrons. The summed E-state index contributed by atoms with van der Waals surface area (Å²) in [7, 11) is 0. The van der Waals surface area contributed by atoms with E-state index in [9.17, 15) is 4.79 Å². The van der Waals surface area contributed by atoms with E-state index in [1.165, 1.54) is 0 Å². The zero-order valence-electron chi connectivity index (χ0n) is 15.9. The van der Waals surface area contributed by atoms with Gasteiger partial charge in [-0.2, -0.15) is 5.10 Å². The molecule has 0 N–H and O–H groups in total. The molecule has 0 aliphatic carbocycles. The van der Waals surface area contributed by atoms with Crippen LogP contribution in [0.15, 0.2) is 35.4 Å². The molecule has 2 atom stereocenters. The summed E-state index contributed by atoms with van der Waals surface area (Å²) in [5.74, 6) is 0.0666. The van der Waals surface area contributed by atoms with Crippen LogP contribution in [0.5, 0.6) is 0 Å². The topological polar surface area (TPSA) is 54.4 Å². The molecule has 3 heterocycles. The summed E-state index contributed by atoms with van der Waals surface area (Å²) in [6, 6.07) is 10.1. The van der Waals surface area contributed by atoms with E-state index >= 15 is 0 Å². The Hall–Kier alpha value is -1.76. The quantitative estimate of drug-likeness (QED) is 0.738. The van der Waals surface area contributed by atoms with Crippen molar-refractivity contribution in [3.05, 3.63) is 35.9 Å². The molecule has 0 spiro atoms. The summed E-state index contributed by atoms with van der Waals surface area (Å²) in [6.07, 6.45) is 5.67. The van der Waals surface area contributed by atoms with Crippen molar-refractivity contribution >= 4 is 11.6 Å². The second-order valence-corrected chi connectivity index (χ2v) is 7.64. The molecule has 1 aromatic rings. The minimum Gasteiger partial charge on any atom is -0.377 e. The summed E-state index contributed by atoms with van der Waals surface area (Å²) in [6.45, 7) is 4.32. The van der Waals surface area contributed by atoms with E-state index in [4.69, 9.17) is 9.47 Å². The molecule has 3 aliphatic heterocycles. The minimum atomic E-state index is 0.0666. The molecule has 146 valence electrons. The number of hydrazone groups is 1. The zero-order chi connectivity index (χ0) is 18.5. The highest BCUT2D eigenvalue weighted by atomic mass is 16.5. The van der Waals surface area contributed by atoms with Crippen LogP contribution in [0.3, 0.4) is 0 Å². The lowest BCUT2D eigenvalue weighted by Gasteiger charge is -2.28. The number of nitrogens with zero attached hydrogens (tertiary/aromatic N) is 3. The number of carbonyl (C=O) groups is 1. The van der Waals surface area contributed by atoms with Gasteiger partial charge < -0.3 is 9.47 Å². The van der Waals surface area contributed by atoms with Crippen LogP contribution in [0.2, 0.25) is 0 Å². The fraction of sp³-hybridized carbons (Fsp3) is 0.619. The molecule has 6 heteroatoms. The lowest BCUT2D eigenvalue weighted by Crippen LogP contribution is -2.44. The van der Waals surface area contributed by atoms with Crippen LogP contribution in [0.4, 0.5) is 0 Å². The molecule has 3 aliphatic rings. The third-order valence-electron chi connectivity index (χ3n) is 5.53. The van der Waals surface area contributed by atoms with Crippen LogP contribution in [-0.4, -0.2) is 73.1 Å². The monoisotopic (exact) mass is 371 g/mol. The van der Waals surface area contributed by atoms with Crippen LogP contribution < -0.4 is 0 Å². The largest absolute Gasteiger partial charge is 0.377 e. The molecule has 1 amide bonds. The molecule has 0 saturated carbocycles. The Morgan fingerprint density at radius 1 is 1.07 bits per heavy atom. The summed E-state index contributed by atoms with van der Waals surface area (Å²) < 4.78 is 11.6. The van der Waals surface area contributed by atoms with Crippen LogP contribution in [0.1, 0.15) is 37.7 Å². The second kappa shape index (κ2) is 8.95. The third-order valence-corrected chi connectivity index (χ3v) is 5.53. The molecular weight excluding hydrogens is 342 g/mol. The van der Waals surface area contributed by atoms with Crippen LogP contribution in [0, 0.1) is 0 Å². The van der Waals surface area contributed by atoms with Crippen LogP contribution in [-0.2, 0) is 14.3 Å². The SMILES string of the molecule is O=C(CN(C[C@H]1CCCO1)C[C@H]1CCCO1)N1CCC(c2ccccc2)=N1. The van der Waals surface area contributed by atoms with Gasteiger partial charge in [-0.15, -0.1) is 0 Å². The predicted octanol–water partition coefficient (Wildman–Crippen LogP) is 2.28. The van der Waals surface area contributed by atoms with E-state index in [-0.39, 0.29) is 18.1 Å². The van der Waals surface area contributed by atoms with Crippen molar-refractivity contribution in [1.29, 1.82) is 0 Å². The average molecular weight is 371 g/mol. The Morgan fingerprint density at radius 2 is 1.74 bits per heavy atom. The van der Waals surface area contributed by atoms with Crippen molar-refractivity contribution in [2.24, 2.45) is 5.10 Å². The van der Waals surface area contributed by atoms with E-state index in [0.29, 0.717) is 13.1 Å². The molecule has 2 fully saturated rings. The van der Waals surface area contributed by atoms with Crippen molar-refractivity contribution < 1.29 is 14.3 Å². The van der Waals surface area contributed by atoms with Gasteiger partial charge in [0.15, 0.2) is 0 Å². The first-order valence-electron chi connectivity index (χ1n) is 10.2. The fourth-order valence-electron chi connectivity index (χ4n) is 4.10. The fourth-order valence-corrected chi connectivity index (χ4v) is 4.10. The molecule has 1 aromatic carbocycles. The Morgan fingerprint density at radius 3 is 2.33 bits per heavy atom.